The van der Waals surface area contributed by atoms with Crippen molar-refractivity contribution >= 4 is 0 Å². The van der Waals surface area contributed by atoms with Crippen molar-refractivity contribution < 1.29 is 0 Å². The fraction of sp³-hybridized carbons (Fsp3) is 0.615. The number of hydrogen-bond donors (Lipinski definition) is 0. The van der Waals surface area contributed by atoms with Crippen LogP contribution in [0.4, 0.5) is 0 Å². The van der Waals surface area contributed by atoms with Gasteiger partial charge in [0.2, 0.25) is 0 Å². The molecule has 1 fully saturated rings. The largest absolute Gasteiger partial charge is 0.130 e. The van der Waals surface area contributed by atoms with Gasteiger partial charge in [-0.15, -0.1) is 5.73 Å². The third-order valence-electron chi connectivity index (χ3n) is 9.78. The Hall–Kier alpha value is -2.04. The first-order valence-corrected chi connectivity index (χ1v) is 16.6. The molecule has 4 unspecified atom stereocenters. The van der Waals surface area contributed by atoms with Crippen molar-refractivity contribution in [2.75, 3.05) is 0 Å². The molecule has 2 aromatic rings. The molecule has 4 atom stereocenters. The summed E-state index contributed by atoms with van der Waals surface area (Å²) >= 11 is 0. The average Bonchev–Trinajstić information content (AvgIpc) is 3.63. The Labute approximate surface area is 242 Å². The van der Waals surface area contributed by atoms with E-state index >= 15 is 0 Å². The van der Waals surface area contributed by atoms with Crippen LogP contribution >= 0.6 is 0 Å². The van der Waals surface area contributed by atoms with Crippen molar-refractivity contribution in [1.82, 2.24) is 0 Å². The lowest BCUT2D eigenvalue weighted by atomic mass is 9.72. The standard InChI is InChI=1S/C33H42.C4H10.C2H6/c1-4-6-8-13-24(5-2)14-11-12-17-27-22-29-26(18-20-28(27)25-15-9-7-10-16-25)19-21-30-32(29)31-23-33(30,31)3;1-3-4-2;1-2/h7,9-10,15-16,19,21,27-28,31H,2,4,6,8,11-14,17-18,20,22-23H2,1,3H3;3-4H2,1-2H3;1-2H3. The van der Waals surface area contributed by atoms with Crippen molar-refractivity contribution in [3.8, 4) is 0 Å². The van der Waals surface area contributed by atoms with Gasteiger partial charge in [0, 0.05) is 5.41 Å². The van der Waals surface area contributed by atoms with Crippen LogP contribution in [0.3, 0.4) is 0 Å². The summed E-state index contributed by atoms with van der Waals surface area (Å²) in [6, 6.07) is 16.4. The van der Waals surface area contributed by atoms with Crippen LogP contribution < -0.4 is 0 Å². The van der Waals surface area contributed by atoms with Crippen molar-refractivity contribution in [2.24, 2.45) is 5.92 Å². The highest BCUT2D eigenvalue weighted by atomic mass is 14.7. The molecule has 0 bridgehead atoms. The van der Waals surface area contributed by atoms with E-state index in [0.717, 1.165) is 11.8 Å². The SMILES string of the molecule is C=C=C(CCCCC)CCCCC1Cc2c(ccc3c2C2CC32C)CCC1c1ccccc1.CC.CCCC. The Kier molecular flexibility index (Phi) is 12.7. The average molecular weight is 527 g/mol. The highest BCUT2D eigenvalue weighted by Gasteiger charge is 2.62. The van der Waals surface area contributed by atoms with Gasteiger partial charge < -0.3 is 0 Å². The lowest BCUT2D eigenvalue weighted by Gasteiger charge is -2.32. The van der Waals surface area contributed by atoms with E-state index in [1.807, 2.05) is 13.8 Å². The van der Waals surface area contributed by atoms with E-state index in [1.165, 1.54) is 95.5 Å². The molecule has 39 heavy (non-hydrogen) atoms. The zero-order valence-electron chi connectivity index (χ0n) is 26.4. The van der Waals surface area contributed by atoms with E-state index in [4.69, 9.17) is 0 Å². The summed E-state index contributed by atoms with van der Waals surface area (Å²) in [7, 11) is 0. The van der Waals surface area contributed by atoms with Crippen LogP contribution in [0.5, 0.6) is 0 Å². The fourth-order valence-corrected chi connectivity index (χ4v) is 7.12. The van der Waals surface area contributed by atoms with Gasteiger partial charge >= 0.3 is 0 Å². The van der Waals surface area contributed by atoms with Crippen LogP contribution in [0.2, 0.25) is 0 Å². The lowest BCUT2D eigenvalue weighted by Crippen LogP contribution is -2.22. The predicted octanol–water partition coefficient (Wildman–Crippen LogP) is 12.0. The van der Waals surface area contributed by atoms with E-state index in [1.54, 1.807) is 27.8 Å². The third-order valence-corrected chi connectivity index (χ3v) is 9.78. The molecule has 0 amide bonds. The first kappa shape index (κ1) is 31.5. The van der Waals surface area contributed by atoms with Crippen molar-refractivity contribution in [3.63, 3.8) is 0 Å². The molecular formula is C39H58. The van der Waals surface area contributed by atoms with Gasteiger partial charge in [-0.2, -0.15) is 0 Å². The van der Waals surface area contributed by atoms with Gasteiger partial charge in [-0.25, -0.2) is 0 Å². The number of rotatable bonds is 11. The molecular weight excluding hydrogens is 468 g/mol. The number of unbranched alkanes of at least 4 members (excludes halogenated alkanes) is 4. The number of hydrogen-bond acceptors (Lipinski definition) is 0. The van der Waals surface area contributed by atoms with Gasteiger partial charge in [-0.1, -0.05) is 123 Å². The Morgan fingerprint density at radius 1 is 0.897 bits per heavy atom. The first-order chi connectivity index (χ1) is 19.1. The molecule has 0 heteroatoms. The molecule has 1 saturated carbocycles. The summed E-state index contributed by atoms with van der Waals surface area (Å²) in [5.41, 5.74) is 13.7. The molecule has 3 aliphatic rings. The van der Waals surface area contributed by atoms with E-state index < -0.39 is 0 Å². The van der Waals surface area contributed by atoms with E-state index in [0.29, 0.717) is 11.3 Å². The second-order valence-electron chi connectivity index (χ2n) is 12.3. The lowest BCUT2D eigenvalue weighted by molar-refractivity contribution is 0.370. The van der Waals surface area contributed by atoms with Crippen molar-refractivity contribution in [3.05, 3.63) is 88.2 Å². The van der Waals surface area contributed by atoms with Crippen LogP contribution in [0.25, 0.3) is 0 Å². The summed E-state index contributed by atoms with van der Waals surface area (Å²) in [5, 5.41) is 0. The molecule has 0 heterocycles. The maximum atomic E-state index is 3.98. The van der Waals surface area contributed by atoms with Crippen LogP contribution in [0, 0.1) is 5.92 Å². The molecule has 0 saturated heterocycles. The van der Waals surface area contributed by atoms with Crippen LogP contribution in [-0.4, -0.2) is 0 Å². The monoisotopic (exact) mass is 526 g/mol. The molecule has 3 aliphatic carbocycles. The quantitative estimate of drug-likeness (QED) is 0.155. The molecule has 0 spiro atoms. The summed E-state index contributed by atoms with van der Waals surface area (Å²) in [4.78, 5) is 0. The molecule has 0 N–H and O–H groups in total. The van der Waals surface area contributed by atoms with Crippen LogP contribution in [0.15, 0.2) is 60.3 Å². The van der Waals surface area contributed by atoms with Gasteiger partial charge in [-0.3, -0.25) is 0 Å². The molecule has 0 radical (unpaired) electrons. The fourth-order valence-electron chi connectivity index (χ4n) is 7.12. The predicted molar refractivity (Wildman–Crippen MR) is 173 cm³/mol. The normalized spacial score (nSPS) is 23.6. The Morgan fingerprint density at radius 3 is 2.23 bits per heavy atom. The second-order valence-corrected chi connectivity index (χ2v) is 12.3. The van der Waals surface area contributed by atoms with Gasteiger partial charge in [0.25, 0.3) is 0 Å². The number of allylic oxidation sites excluding steroid dienone is 1. The minimum atomic E-state index is 0.538. The zero-order chi connectivity index (χ0) is 28.3. The van der Waals surface area contributed by atoms with E-state index in [9.17, 15) is 0 Å². The van der Waals surface area contributed by atoms with Crippen LogP contribution in [0.1, 0.15) is 158 Å². The minimum Gasteiger partial charge on any atom is -0.130 e. The van der Waals surface area contributed by atoms with Crippen molar-refractivity contribution in [1.29, 1.82) is 0 Å². The van der Waals surface area contributed by atoms with E-state index in [2.05, 4.69) is 82.5 Å². The van der Waals surface area contributed by atoms with Gasteiger partial charge in [-0.05, 0) is 109 Å². The summed E-state index contributed by atoms with van der Waals surface area (Å²) in [5.74, 6) is 2.33. The first-order valence-electron chi connectivity index (χ1n) is 16.6. The topological polar surface area (TPSA) is 0 Å². The van der Waals surface area contributed by atoms with Crippen molar-refractivity contribution in [2.45, 2.75) is 149 Å². The minimum absolute atomic E-state index is 0.538. The van der Waals surface area contributed by atoms with Gasteiger partial charge in [0.05, 0.1) is 0 Å². The number of benzene rings is 2. The third kappa shape index (κ3) is 7.58. The van der Waals surface area contributed by atoms with Gasteiger partial charge in [0.1, 0.15) is 0 Å². The highest BCUT2D eigenvalue weighted by Crippen LogP contribution is 2.71. The summed E-state index contributed by atoms with van der Waals surface area (Å²) in [6.45, 7) is 17.1. The smallest absolute Gasteiger partial charge is 0.000295 e. The highest BCUT2D eigenvalue weighted by molar-refractivity contribution is 5.63. The van der Waals surface area contributed by atoms with Crippen LogP contribution in [-0.2, 0) is 18.3 Å². The molecule has 2 aromatic carbocycles. The van der Waals surface area contributed by atoms with Gasteiger partial charge in [0.15, 0.2) is 0 Å². The summed E-state index contributed by atoms with van der Waals surface area (Å²) < 4.78 is 0. The molecule has 0 nitrogen and oxygen atoms in total. The molecule has 214 valence electrons. The number of fused-ring (bicyclic) bond motifs is 6. The maximum absolute atomic E-state index is 3.98. The molecule has 0 aliphatic heterocycles. The molecule has 0 aromatic heterocycles. The van der Waals surface area contributed by atoms with E-state index in [-0.39, 0.29) is 0 Å². The zero-order valence-corrected chi connectivity index (χ0v) is 26.4. The second kappa shape index (κ2) is 15.7. The molecule has 5 rings (SSSR count). The summed E-state index contributed by atoms with van der Waals surface area (Å²) in [6.07, 6.45) is 18.2. The Bertz CT molecular complexity index is 1050. The Balaban J connectivity index is 0.000000644. The maximum Gasteiger partial charge on any atom is 0.000295 e. The number of aryl methyl sites for hydroxylation is 1. The Morgan fingerprint density at radius 2 is 1.59 bits per heavy atom.